The van der Waals surface area contributed by atoms with Crippen LogP contribution in [-0.4, -0.2) is 34.9 Å². The summed E-state index contributed by atoms with van der Waals surface area (Å²) >= 11 is 0. The largest absolute Gasteiger partial charge is 0.337 e. The Kier molecular flexibility index (Phi) is 5.33. The average molecular weight is 261 g/mol. The monoisotopic (exact) mass is 261 g/mol. The van der Waals surface area contributed by atoms with Gasteiger partial charge >= 0.3 is 0 Å². The minimum atomic E-state index is 0.238. The van der Waals surface area contributed by atoms with Gasteiger partial charge in [0.25, 0.3) is 0 Å². The third kappa shape index (κ3) is 4.31. The van der Waals surface area contributed by atoms with Crippen LogP contribution in [0.3, 0.4) is 0 Å². The predicted molar refractivity (Wildman–Crippen MR) is 75.6 cm³/mol. The van der Waals surface area contributed by atoms with Crippen molar-refractivity contribution in [1.29, 1.82) is 0 Å². The number of nitrogens with zero attached hydrogens (tertiary/aromatic N) is 2. The quantitative estimate of drug-likeness (QED) is 0.851. The second-order valence-corrected chi connectivity index (χ2v) is 5.06. The number of hydrogen-bond donors (Lipinski definition) is 1. The molecule has 1 saturated heterocycles. The molecule has 1 unspecified atom stereocenters. The summed E-state index contributed by atoms with van der Waals surface area (Å²) < 4.78 is 0. The number of pyridine rings is 1. The van der Waals surface area contributed by atoms with Crippen LogP contribution in [0.5, 0.6) is 0 Å². The third-order valence-corrected chi connectivity index (χ3v) is 3.68. The number of amides is 1. The molecule has 1 fully saturated rings. The molecular formula is C15H23N3O. The van der Waals surface area contributed by atoms with Crippen molar-refractivity contribution >= 4 is 5.91 Å². The molecule has 0 aromatic carbocycles. The molecule has 0 spiro atoms. The smallest absolute Gasteiger partial charge is 0.222 e. The molecule has 0 bridgehead atoms. The first-order valence-corrected chi connectivity index (χ1v) is 7.20. The summed E-state index contributed by atoms with van der Waals surface area (Å²) in [5, 5.41) is 3.44. The van der Waals surface area contributed by atoms with Gasteiger partial charge < -0.3 is 10.2 Å². The fourth-order valence-corrected chi connectivity index (χ4v) is 2.52. The zero-order chi connectivity index (χ0) is 13.5. The molecule has 0 saturated carbocycles. The van der Waals surface area contributed by atoms with Gasteiger partial charge in [0, 0.05) is 25.2 Å². The molecule has 1 aliphatic heterocycles. The normalized spacial score (nSPS) is 18.5. The maximum absolute atomic E-state index is 12.2. The summed E-state index contributed by atoms with van der Waals surface area (Å²) in [5.41, 5.74) is 0.955. The Morgan fingerprint density at radius 2 is 2.42 bits per heavy atom. The van der Waals surface area contributed by atoms with Gasteiger partial charge in [-0.15, -0.1) is 0 Å². The summed E-state index contributed by atoms with van der Waals surface area (Å²) in [6.07, 6.45) is 5.82. The molecule has 0 radical (unpaired) electrons. The Labute approximate surface area is 115 Å². The van der Waals surface area contributed by atoms with E-state index >= 15 is 0 Å². The van der Waals surface area contributed by atoms with E-state index in [1.54, 1.807) is 6.20 Å². The Morgan fingerprint density at radius 3 is 3.05 bits per heavy atom. The van der Waals surface area contributed by atoms with Crippen molar-refractivity contribution in [2.75, 3.05) is 13.1 Å². The van der Waals surface area contributed by atoms with Gasteiger partial charge in [0.1, 0.15) is 0 Å². The van der Waals surface area contributed by atoms with E-state index < -0.39 is 0 Å². The van der Waals surface area contributed by atoms with E-state index in [1.165, 1.54) is 12.8 Å². The zero-order valence-electron chi connectivity index (χ0n) is 11.6. The van der Waals surface area contributed by atoms with E-state index in [2.05, 4.69) is 10.3 Å². The minimum absolute atomic E-state index is 0.238. The summed E-state index contributed by atoms with van der Waals surface area (Å²) in [7, 11) is 0. The first kappa shape index (κ1) is 14.0. The van der Waals surface area contributed by atoms with E-state index in [1.807, 2.05) is 30.0 Å². The van der Waals surface area contributed by atoms with Gasteiger partial charge in [-0.2, -0.15) is 0 Å². The minimum Gasteiger partial charge on any atom is -0.337 e. The molecule has 2 heterocycles. The van der Waals surface area contributed by atoms with E-state index in [9.17, 15) is 4.79 Å². The van der Waals surface area contributed by atoms with E-state index in [4.69, 9.17) is 0 Å². The van der Waals surface area contributed by atoms with Gasteiger partial charge in [0.15, 0.2) is 0 Å². The second-order valence-electron chi connectivity index (χ2n) is 5.06. The number of hydrogen-bond acceptors (Lipinski definition) is 3. The lowest BCUT2D eigenvalue weighted by Crippen LogP contribution is -2.32. The molecule has 1 amide bonds. The van der Waals surface area contributed by atoms with Crippen LogP contribution >= 0.6 is 0 Å². The molecular weight excluding hydrogens is 238 g/mol. The highest BCUT2D eigenvalue weighted by Gasteiger charge is 2.18. The van der Waals surface area contributed by atoms with Crippen molar-refractivity contribution in [3.63, 3.8) is 0 Å². The maximum Gasteiger partial charge on any atom is 0.222 e. The first-order valence-electron chi connectivity index (χ1n) is 7.20. The summed E-state index contributed by atoms with van der Waals surface area (Å²) in [6, 6.07) is 6.36. The maximum atomic E-state index is 12.2. The topological polar surface area (TPSA) is 45.2 Å². The highest BCUT2D eigenvalue weighted by Crippen LogP contribution is 2.12. The van der Waals surface area contributed by atoms with Crippen LogP contribution in [0.2, 0.25) is 0 Å². The fraction of sp³-hybridized carbons (Fsp3) is 0.600. The lowest BCUT2D eigenvalue weighted by molar-refractivity contribution is -0.131. The van der Waals surface area contributed by atoms with Crippen molar-refractivity contribution in [3.8, 4) is 0 Å². The number of aromatic nitrogens is 1. The van der Waals surface area contributed by atoms with Crippen LogP contribution in [0.1, 0.15) is 38.3 Å². The summed E-state index contributed by atoms with van der Waals surface area (Å²) in [5.74, 6) is 0.238. The third-order valence-electron chi connectivity index (χ3n) is 3.68. The van der Waals surface area contributed by atoms with Gasteiger partial charge in [0.05, 0.1) is 12.2 Å². The molecule has 1 atom stereocenters. The van der Waals surface area contributed by atoms with Crippen LogP contribution in [-0.2, 0) is 11.3 Å². The van der Waals surface area contributed by atoms with E-state index in [-0.39, 0.29) is 5.91 Å². The molecule has 1 aromatic heterocycles. The number of nitrogens with one attached hydrogen (secondary N) is 1. The lowest BCUT2D eigenvalue weighted by atomic mass is 10.1. The van der Waals surface area contributed by atoms with Crippen LogP contribution in [0, 0.1) is 0 Å². The highest BCUT2D eigenvalue weighted by atomic mass is 16.2. The molecule has 4 nitrogen and oxygen atoms in total. The van der Waals surface area contributed by atoms with Crippen LogP contribution in [0.15, 0.2) is 24.4 Å². The van der Waals surface area contributed by atoms with Crippen molar-refractivity contribution in [2.24, 2.45) is 0 Å². The number of carbonyl (C=O) groups excluding carboxylic acids is 1. The molecule has 4 heteroatoms. The molecule has 19 heavy (non-hydrogen) atoms. The van der Waals surface area contributed by atoms with Crippen molar-refractivity contribution in [2.45, 2.75) is 45.2 Å². The van der Waals surface area contributed by atoms with Crippen LogP contribution < -0.4 is 5.32 Å². The van der Waals surface area contributed by atoms with Gasteiger partial charge in [-0.1, -0.05) is 6.07 Å². The SMILES string of the molecule is CCN(Cc1ccccn1)C(=O)CCC1CCCN1. The Morgan fingerprint density at radius 1 is 1.53 bits per heavy atom. The Bertz CT molecular complexity index is 388. The molecule has 104 valence electrons. The number of carbonyl (C=O) groups is 1. The molecule has 2 rings (SSSR count). The van der Waals surface area contributed by atoms with Crippen molar-refractivity contribution in [1.82, 2.24) is 15.2 Å². The van der Waals surface area contributed by atoms with Gasteiger partial charge in [0.2, 0.25) is 5.91 Å². The highest BCUT2D eigenvalue weighted by molar-refractivity contribution is 5.76. The lowest BCUT2D eigenvalue weighted by Gasteiger charge is -2.21. The van der Waals surface area contributed by atoms with E-state index in [0.717, 1.165) is 25.2 Å². The van der Waals surface area contributed by atoms with E-state index in [0.29, 0.717) is 19.0 Å². The standard InChI is InChI=1S/C15H23N3O/c1-2-18(12-14-6-3-4-10-17-14)15(19)9-8-13-7-5-11-16-13/h3-4,6,10,13,16H,2,5,7-9,11-12H2,1H3. The van der Waals surface area contributed by atoms with Crippen LogP contribution in [0.4, 0.5) is 0 Å². The number of rotatable bonds is 6. The van der Waals surface area contributed by atoms with Gasteiger partial charge in [-0.25, -0.2) is 0 Å². The molecule has 1 aliphatic rings. The Hall–Kier alpha value is -1.42. The molecule has 0 aliphatic carbocycles. The zero-order valence-corrected chi connectivity index (χ0v) is 11.6. The summed E-state index contributed by atoms with van der Waals surface area (Å²) in [4.78, 5) is 18.4. The van der Waals surface area contributed by atoms with Crippen molar-refractivity contribution in [3.05, 3.63) is 30.1 Å². The van der Waals surface area contributed by atoms with Crippen molar-refractivity contribution < 1.29 is 4.79 Å². The summed E-state index contributed by atoms with van der Waals surface area (Å²) in [6.45, 7) is 4.49. The van der Waals surface area contributed by atoms with Crippen LogP contribution in [0.25, 0.3) is 0 Å². The first-order chi connectivity index (χ1) is 9.29. The average Bonchev–Trinajstić information content (AvgIpc) is 2.96. The van der Waals surface area contributed by atoms with Gasteiger partial charge in [-0.3, -0.25) is 9.78 Å². The Balaban J connectivity index is 1.81. The van der Waals surface area contributed by atoms with Gasteiger partial charge in [-0.05, 0) is 44.9 Å². The molecule has 1 N–H and O–H groups in total. The predicted octanol–water partition coefficient (Wildman–Crippen LogP) is 1.96. The molecule has 1 aromatic rings. The second kappa shape index (κ2) is 7.24. The fourth-order valence-electron chi connectivity index (χ4n) is 2.52.